The Labute approximate surface area is 151 Å². The minimum absolute atomic E-state index is 0.0658. The van der Waals surface area contributed by atoms with Crippen molar-refractivity contribution in [2.24, 2.45) is 0 Å². The Morgan fingerprint density at radius 2 is 2.00 bits per heavy atom. The fraction of sp³-hybridized carbons (Fsp3) is 0.125. The molecule has 0 radical (unpaired) electrons. The number of aryl methyl sites for hydroxylation is 1. The molecule has 1 aromatic heterocycles. The summed E-state index contributed by atoms with van der Waals surface area (Å²) < 4.78 is 1.83. The number of halogens is 1. The Morgan fingerprint density at radius 3 is 2.60 bits per heavy atom. The van der Waals surface area contributed by atoms with Gasteiger partial charge in [-0.2, -0.15) is 0 Å². The third-order valence-corrected chi connectivity index (χ3v) is 4.91. The molecule has 0 unspecified atom stereocenters. The number of nitrogens with zero attached hydrogens (tertiary/aromatic N) is 2. The van der Waals surface area contributed by atoms with Crippen molar-refractivity contribution in [2.75, 3.05) is 0 Å². The van der Waals surface area contributed by atoms with Crippen LogP contribution in [0.4, 0.5) is 10.5 Å². The molecule has 1 aromatic carbocycles. The van der Waals surface area contributed by atoms with Crippen molar-refractivity contribution in [3.05, 3.63) is 61.3 Å². The van der Waals surface area contributed by atoms with Crippen LogP contribution in [0.25, 0.3) is 11.8 Å². The fourth-order valence-corrected chi connectivity index (χ4v) is 3.53. The van der Waals surface area contributed by atoms with E-state index in [-0.39, 0.29) is 10.7 Å². The first-order valence-electron chi connectivity index (χ1n) is 7.16. The van der Waals surface area contributed by atoms with Crippen LogP contribution >= 0.6 is 23.4 Å². The maximum Gasteiger partial charge on any atom is 0.290 e. The average Bonchev–Trinajstić information content (AvgIpc) is 2.99. The third-order valence-electron chi connectivity index (χ3n) is 3.78. The number of amides is 2. The van der Waals surface area contributed by atoms with E-state index in [9.17, 15) is 19.7 Å². The minimum Gasteiger partial charge on any atom is -0.318 e. The molecule has 0 aliphatic carbocycles. The molecule has 1 aliphatic rings. The van der Waals surface area contributed by atoms with Crippen LogP contribution in [0.2, 0.25) is 5.02 Å². The van der Waals surface area contributed by atoms with Crippen molar-refractivity contribution in [2.45, 2.75) is 13.8 Å². The van der Waals surface area contributed by atoms with E-state index in [2.05, 4.69) is 5.32 Å². The highest BCUT2D eigenvalue weighted by molar-refractivity contribution is 8.18. The number of nitro benzene ring substituents is 1. The smallest absolute Gasteiger partial charge is 0.290 e. The summed E-state index contributed by atoms with van der Waals surface area (Å²) in [6.45, 7) is 3.68. The van der Waals surface area contributed by atoms with Crippen LogP contribution in [-0.4, -0.2) is 20.6 Å². The Bertz CT molecular complexity index is 965. The van der Waals surface area contributed by atoms with Crippen molar-refractivity contribution in [3.8, 4) is 5.69 Å². The van der Waals surface area contributed by atoms with Crippen LogP contribution in [0, 0.1) is 24.0 Å². The summed E-state index contributed by atoms with van der Waals surface area (Å²) in [6.07, 6.45) is 1.63. The van der Waals surface area contributed by atoms with E-state index >= 15 is 0 Å². The molecule has 2 amide bonds. The summed E-state index contributed by atoms with van der Waals surface area (Å²) in [5, 5.41) is 13.0. The first kappa shape index (κ1) is 17.2. The highest BCUT2D eigenvalue weighted by Crippen LogP contribution is 2.31. The maximum atomic E-state index is 11.7. The number of thioether (sulfide) groups is 1. The fourth-order valence-electron chi connectivity index (χ4n) is 2.67. The van der Waals surface area contributed by atoms with Gasteiger partial charge in [0.15, 0.2) is 0 Å². The molecular weight excluding hydrogens is 366 g/mol. The molecule has 128 valence electrons. The van der Waals surface area contributed by atoms with Gasteiger partial charge in [0.2, 0.25) is 0 Å². The Hall–Kier alpha value is -2.58. The van der Waals surface area contributed by atoms with Gasteiger partial charge in [-0.15, -0.1) is 0 Å². The van der Waals surface area contributed by atoms with E-state index in [4.69, 9.17) is 11.6 Å². The minimum atomic E-state index is -0.534. The number of nitrogens with one attached hydrogen (secondary N) is 1. The first-order chi connectivity index (χ1) is 11.8. The highest BCUT2D eigenvalue weighted by Gasteiger charge is 2.25. The van der Waals surface area contributed by atoms with Crippen LogP contribution in [-0.2, 0) is 4.79 Å². The molecule has 0 spiro atoms. The molecule has 1 fully saturated rings. The van der Waals surface area contributed by atoms with Gasteiger partial charge in [-0.1, -0.05) is 11.6 Å². The van der Waals surface area contributed by atoms with Gasteiger partial charge < -0.3 is 4.57 Å². The van der Waals surface area contributed by atoms with Gasteiger partial charge >= 0.3 is 0 Å². The number of benzene rings is 1. The van der Waals surface area contributed by atoms with Crippen molar-refractivity contribution >= 4 is 46.3 Å². The first-order valence-corrected chi connectivity index (χ1v) is 8.35. The molecule has 7 nitrogen and oxygen atoms in total. The lowest BCUT2D eigenvalue weighted by Gasteiger charge is -2.10. The standard InChI is InChI=1S/C16H12ClN3O4S/c1-8-5-10(6-14-15(21)18-16(22)25-14)9(2)19(8)11-3-4-12(17)13(7-11)20(23)24/h3-7H,1-2H3,(H,18,21,22)/b14-6-. The number of carbonyl (C=O) groups is 2. The molecule has 1 saturated heterocycles. The van der Waals surface area contributed by atoms with E-state index in [0.29, 0.717) is 10.6 Å². The summed E-state index contributed by atoms with van der Waals surface area (Å²) in [5.41, 5.74) is 2.78. The predicted octanol–water partition coefficient (Wildman–Crippen LogP) is 3.98. The lowest BCUT2D eigenvalue weighted by Crippen LogP contribution is -2.17. The monoisotopic (exact) mass is 377 g/mol. The number of nitro groups is 1. The Balaban J connectivity index is 2.08. The van der Waals surface area contributed by atoms with Crippen LogP contribution in [0.1, 0.15) is 17.0 Å². The zero-order valence-electron chi connectivity index (χ0n) is 13.2. The molecule has 2 heterocycles. The number of imide groups is 1. The highest BCUT2D eigenvalue weighted by atomic mass is 35.5. The maximum absolute atomic E-state index is 11.7. The average molecular weight is 378 g/mol. The number of carbonyl (C=O) groups excluding carboxylic acids is 2. The van der Waals surface area contributed by atoms with Crippen molar-refractivity contribution in [1.29, 1.82) is 0 Å². The second kappa shape index (κ2) is 6.38. The number of rotatable bonds is 3. The van der Waals surface area contributed by atoms with Crippen LogP contribution in [0.5, 0.6) is 0 Å². The lowest BCUT2D eigenvalue weighted by molar-refractivity contribution is -0.384. The second-order valence-corrected chi connectivity index (χ2v) is 6.83. The topological polar surface area (TPSA) is 94.2 Å². The van der Waals surface area contributed by atoms with E-state index < -0.39 is 16.1 Å². The summed E-state index contributed by atoms with van der Waals surface area (Å²) in [6, 6.07) is 6.41. The molecular formula is C16H12ClN3O4S. The molecule has 1 N–H and O–H groups in total. The molecule has 0 saturated carbocycles. The lowest BCUT2D eigenvalue weighted by atomic mass is 10.2. The Morgan fingerprint density at radius 1 is 1.28 bits per heavy atom. The summed E-state index contributed by atoms with van der Waals surface area (Å²) in [4.78, 5) is 33.9. The summed E-state index contributed by atoms with van der Waals surface area (Å²) in [5.74, 6) is -0.429. The summed E-state index contributed by atoms with van der Waals surface area (Å²) >= 11 is 6.71. The van der Waals surface area contributed by atoms with E-state index in [1.807, 2.05) is 24.5 Å². The van der Waals surface area contributed by atoms with Gasteiger partial charge in [0.1, 0.15) is 5.02 Å². The van der Waals surface area contributed by atoms with Gasteiger partial charge in [0.05, 0.1) is 15.5 Å². The van der Waals surface area contributed by atoms with E-state index in [1.165, 1.54) is 12.1 Å². The second-order valence-electron chi connectivity index (χ2n) is 5.41. The molecule has 3 rings (SSSR count). The van der Waals surface area contributed by atoms with Gasteiger partial charge in [0, 0.05) is 17.5 Å². The van der Waals surface area contributed by atoms with Gasteiger partial charge in [-0.05, 0) is 55.4 Å². The van der Waals surface area contributed by atoms with Gasteiger partial charge in [-0.3, -0.25) is 25.0 Å². The molecule has 25 heavy (non-hydrogen) atoms. The van der Waals surface area contributed by atoms with Crippen molar-refractivity contribution in [1.82, 2.24) is 9.88 Å². The van der Waals surface area contributed by atoms with Crippen LogP contribution in [0.15, 0.2) is 29.2 Å². The molecule has 2 aromatic rings. The molecule has 9 heteroatoms. The normalized spacial score (nSPS) is 15.7. The predicted molar refractivity (Wildman–Crippen MR) is 96.0 cm³/mol. The zero-order chi connectivity index (χ0) is 18.3. The van der Waals surface area contributed by atoms with Crippen LogP contribution in [0.3, 0.4) is 0 Å². The number of aromatic nitrogens is 1. The number of hydrogen-bond donors (Lipinski definition) is 1. The van der Waals surface area contributed by atoms with Crippen molar-refractivity contribution < 1.29 is 14.5 Å². The van der Waals surface area contributed by atoms with Gasteiger partial charge in [-0.25, -0.2) is 0 Å². The molecule has 0 atom stereocenters. The van der Waals surface area contributed by atoms with Gasteiger partial charge in [0.25, 0.3) is 16.8 Å². The van der Waals surface area contributed by atoms with E-state index in [0.717, 1.165) is 28.7 Å². The zero-order valence-corrected chi connectivity index (χ0v) is 14.8. The van der Waals surface area contributed by atoms with Crippen molar-refractivity contribution in [3.63, 3.8) is 0 Å². The largest absolute Gasteiger partial charge is 0.318 e. The van der Waals surface area contributed by atoms with Crippen LogP contribution < -0.4 is 5.32 Å². The quantitative estimate of drug-likeness (QED) is 0.496. The molecule has 0 bridgehead atoms. The third kappa shape index (κ3) is 3.18. The Kier molecular flexibility index (Phi) is 4.40. The van der Waals surface area contributed by atoms with E-state index in [1.54, 1.807) is 12.1 Å². The SMILES string of the molecule is Cc1cc(/C=C2\SC(=O)NC2=O)c(C)n1-c1ccc(Cl)c([N+](=O)[O-])c1. The molecule has 1 aliphatic heterocycles. The summed E-state index contributed by atoms with van der Waals surface area (Å²) in [7, 11) is 0. The number of hydrogen-bond acceptors (Lipinski definition) is 5.